The van der Waals surface area contributed by atoms with Crippen molar-refractivity contribution < 1.29 is 5.21 Å². The SMILES string of the molecule is CCCc1nccn1-c1ccc(/C(N)=N/O)cc1Br. The summed E-state index contributed by atoms with van der Waals surface area (Å²) in [6.45, 7) is 2.12. The Bertz CT molecular complexity index is 606. The second kappa shape index (κ2) is 5.88. The first-order chi connectivity index (χ1) is 9.17. The van der Waals surface area contributed by atoms with Crippen molar-refractivity contribution >= 4 is 21.8 Å². The van der Waals surface area contributed by atoms with Gasteiger partial charge in [0.05, 0.1) is 5.69 Å². The number of aryl methyl sites for hydroxylation is 1. The Morgan fingerprint density at radius 3 is 2.95 bits per heavy atom. The minimum Gasteiger partial charge on any atom is -0.409 e. The highest BCUT2D eigenvalue weighted by molar-refractivity contribution is 9.10. The molecular formula is C13H15BrN4O. The van der Waals surface area contributed by atoms with Crippen LogP contribution < -0.4 is 5.73 Å². The zero-order valence-electron chi connectivity index (χ0n) is 10.5. The van der Waals surface area contributed by atoms with E-state index in [1.165, 1.54) is 0 Å². The van der Waals surface area contributed by atoms with E-state index in [2.05, 4.69) is 33.0 Å². The van der Waals surface area contributed by atoms with Crippen LogP contribution in [0.2, 0.25) is 0 Å². The molecule has 0 atom stereocenters. The number of hydrogen-bond acceptors (Lipinski definition) is 3. The monoisotopic (exact) mass is 322 g/mol. The van der Waals surface area contributed by atoms with Crippen LogP contribution in [0.5, 0.6) is 0 Å². The van der Waals surface area contributed by atoms with E-state index >= 15 is 0 Å². The molecule has 1 aromatic carbocycles. The maximum absolute atomic E-state index is 8.68. The van der Waals surface area contributed by atoms with Gasteiger partial charge in [-0.2, -0.15) is 0 Å². The smallest absolute Gasteiger partial charge is 0.170 e. The van der Waals surface area contributed by atoms with Crippen LogP contribution in [0.15, 0.2) is 40.2 Å². The highest BCUT2D eigenvalue weighted by Gasteiger charge is 2.09. The van der Waals surface area contributed by atoms with Crippen LogP contribution in [0.4, 0.5) is 0 Å². The predicted molar refractivity (Wildman–Crippen MR) is 77.8 cm³/mol. The maximum Gasteiger partial charge on any atom is 0.170 e. The zero-order valence-corrected chi connectivity index (χ0v) is 12.1. The Kier molecular flexibility index (Phi) is 4.21. The first-order valence-electron chi connectivity index (χ1n) is 5.97. The van der Waals surface area contributed by atoms with E-state index in [1.807, 2.05) is 29.0 Å². The molecule has 0 radical (unpaired) electrons. The summed E-state index contributed by atoms with van der Waals surface area (Å²) >= 11 is 3.51. The van der Waals surface area contributed by atoms with Gasteiger partial charge in [0.1, 0.15) is 5.82 Å². The van der Waals surface area contributed by atoms with E-state index < -0.39 is 0 Å². The molecule has 0 fully saturated rings. The largest absolute Gasteiger partial charge is 0.409 e. The third-order valence-corrected chi connectivity index (χ3v) is 3.44. The van der Waals surface area contributed by atoms with Crippen molar-refractivity contribution in [3.05, 3.63) is 46.5 Å². The molecular weight excluding hydrogens is 308 g/mol. The number of amidine groups is 1. The number of nitrogens with two attached hydrogens (primary N) is 1. The number of aromatic nitrogens is 2. The molecule has 0 unspecified atom stereocenters. The predicted octanol–water partition coefficient (Wildman–Crippen LogP) is 2.68. The fourth-order valence-electron chi connectivity index (χ4n) is 1.88. The van der Waals surface area contributed by atoms with E-state index in [0.29, 0.717) is 5.56 Å². The number of nitrogens with zero attached hydrogens (tertiary/aromatic N) is 3. The van der Waals surface area contributed by atoms with E-state index in [1.54, 1.807) is 6.20 Å². The third-order valence-electron chi connectivity index (χ3n) is 2.80. The molecule has 1 heterocycles. The number of rotatable bonds is 4. The Labute approximate surface area is 119 Å². The van der Waals surface area contributed by atoms with Crippen molar-refractivity contribution in [2.24, 2.45) is 10.9 Å². The Hall–Kier alpha value is -1.82. The second-order valence-electron chi connectivity index (χ2n) is 4.11. The molecule has 0 aliphatic carbocycles. The summed E-state index contributed by atoms with van der Waals surface area (Å²) in [5.74, 6) is 1.10. The van der Waals surface area contributed by atoms with E-state index in [0.717, 1.165) is 28.8 Å². The Morgan fingerprint density at radius 2 is 2.32 bits per heavy atom. The lowest BCUT2D eigenvalue weighted by atomic mass is 10.2. The van der Waals surface area contributed by atoms with Crippen LogP contribution in [-0.2, 0) is 6.42 Å². The Balaban J connectivity index is 2.43. The average molecular weight is 323 g/mol. The van der Waals surface area contributed by atoms with Gasteiger partial charge in [0.15, 0.2) is 5.84 Å². The molecule has 19 heavy (non-hydrogen) atoms. The lowest BCUT2D eigenvalue weighted by Crippen LogP contribution is -2.13. The summed E-state index contributed by atoms with van der Waals surface area (Å²) in [5, 5.41) is 11.7. The molecule has 0 aliphatic heterocycles. The van der Waals surface area contributed by atoms with Gasteiger partial charge < -0.3 is 15.5 Å². The van der Waals surface area contributed by atoms with Crippen molar-refractivity contribution in [1.29, 1.82) is 0 Å². The summed E-state index contributed by atoms with van der Waals surface area (Å²) in [4.78, 5) is 4.35. The quantitative estimate of drug-likeness (QED) is 0.393. The van der Waals surface area contributed by atoms with Gasteiger partial charge in [-0.25, -0.2) is 4.98 Å². The van der Waals surface area contributed by atoms with E-state index in [4.69, 9.17) is 10.9 Å². The molecule has 1 aromatic heterocycles. The van der Waals surface area contributed by atoms with Crippen LogP contribution >= 0.6 is 15.9 Å². The normalized spacial score (nSPS) is 11.8. The second-order valence-corrected chi connectivity index (χ2v) is 4.97. The van der Waals surface area contributed by atoms with Gasteiger partial charge in [0.2, 0.25) is 0 Å². The highest BCUT2D eigenvalue weighted by Crippen LogP contribution is 2.24. The van der Waals surface area contributed by atoms with Crippen molar-refractivity contribution in [1.82, 2.24) is 9.55 Å². The summed E-state index contributed by atoms with van der Waals surface area (Å²) in [6.07, 6.45) is 5.67. The van der Waals surface area contributed by atoms with Crippen molar-refractivity contribution in [3.63, 3.8) is 0 Å². The minimum atomic E-state index is 0.0895. The van der Waals surface area contributed by atoms with Crippen LogP contribution in [0.25, 0.3) is 5.69 Å². The summed E-state index contributed by atoms with van der Waals surface area (Å²) in [7, 11) is 0. The van der Waals surface area contributed by atoms with Crippen molar-refractivity contribution in [3.8, 4) is 5.69 Å². The van der Waals surface area contributed by atoms with Gasteiger partial charge in [-0.1, -0.05) is 12.1 Å². The van der Waals surface area contributed by atoms with Gasteiger partial charge in [0, 0.05) is 28.9 Å². The molecule has 0 bridgehead atoms. The topological polar surface area (TPSA) is 76.4 Å². The summed E-state index contributed by atoms with van der Waals surface area (Å²) < 4.78 is 2.90. The zero-order chi connectivity index (χ0) is 13.8. The molecule has 0 amide bonds. The molecule has 5 nitrogen and oxygen atoms in total. The molecule has 6 heteroatoms. The van der Waals surface area contributed by atoms with Gasteiger partial charge >= 0.3 is 0 Å². The molecule has 0 aliphatic rings. The summed E-state index contributed by atoms with van der Waals surface area (Å²) in [5.41, 5.74) is 7.21. The van der Waals surface area contributed by atoms with Crippen molar-refractivity contribution in [2.75, 3.05) is 0 Å². The van der Waals surface area contributed by atoms with Crippen LogP contribution in [-0.4, -0.2) is 20.6 Å². The number of benzene rings is 1. The fraction of sp³-hybridized carbons (Fsp3) is 0.231. The Morgan fingerprint density at radius 1 is 1.53 bits per heavy atom. The number of hydrogen-bond donors (Lipinski definition) is 2. The average Bonchev–Trinajstić information content (AvgIpc) is 2.86. The van der Waals surface area contributed by atoms with E-state index in [-0.39, 0.29) is 5.84 Å². The molecule has 100 valence electrons. The van der Waals surface area contributed by atoms with Gasteiger partial charge in [-0.05, 0) is 40.5 Å². The van der Waals surface area contributed by atoms with Crippen LogP contribution in [0.1, 0.15) is 24.7 Å². The fourth-order valence-corrected chi connectivity index (χ4v) is 2.45. The lowest BCUT2D eigenvalue weighted by molar-refractivity contribution is 0.318. The van der Waals surface area contributed by atoms with Gasteiger partial charge in [0.25, 0.3) is 0 Å². The first kappa shape index (κ1) is 13.6. The number of halogens is 1. The standard InChI is InChI=1S/C13H15BrN4O/c1-2-3-12-16-6-7-18(12)11-5-4-9(8-10(11)14)13(15)17-19/h4-8,19H,2-3H2,1H3,(H2,15,17). The third kappa shape index (κ3) is 2.78. The van der Waals surface area contributed by atoms with Gasteiger partial charge in [-0.3, -0.25) is 0 Å². The lowest BCUT2D eigenvalue weighted by Gasteiger charge is -2.10. The van der Waals surface area contributed by atoms with Crippen LogP contribution in [0, 0.1) is 0 Å². The molecule has 2 aromatic rings. The van der Waals surface area contributed by atoms with E-state index in [9.17, 15) is 0 Å². The number of oxime groups is 1. The highest BCUT2D eigenvalue weighted by atomic mass is 79.9. The first-order valence-corrected chi connectivity index (χ1v) is 6.76. The van der Waals surface area contributed by atoms with Gasteiger partial charge in [-0.15, -0.1) is 0 Å². The molecule has 0 saturated carbocycles. The van der Waals surface area contributed by atoms with Crippen LogP contribution in [0.3, 0.4) is 0 Å². The molecule has 0 saturated heterocycles. The number of imidazole rings is 1. The molecule has 2 rings (SSSR count). The molecule has 3 N–H and O–H groups in total. The minimum absolute atomic E-state index is 0.0895. The molecule has 0 spiro atoms. The maximum atomic E-state index is 8.68. The summed E-state index contributed by atoms with van der Waals surface area (Å²) in [6, 6.07) is 5.54. The van der Waals surface area contributed by atoms with Crippen molar-refractivity contribution in [2.45, 2.75) is 19.8 Å².